The number of likely N-dealkylation sites (tertiary alicyclic amines) is 1. The zero-order valence-corrected chi connectivity index (χ0v) is 12.7. The lowest BCUT2D eigenvalue weighted by atomic mass is 10.1. The highest BCUT2D eigenvalue weighted by Gasteiger charge is 2.25. The summed E-state index contributed by atoms with van der Waals surface area (Å²) in [6.45, 7) is 7.15. The third kappa shape index (κ3) is 3.78. The van der Waals surface area contributed by atoms with Crippen LogP contribution in [0.25, 0.3) is 0 Å². The predicted octanol–water partition coefficient (Wildman–Crippen LogP) is 1.57. The van der Waals surface area contributed by atoms with Gasteiger partial charge in [0.15, 0.2) is 0 Å². The molecule has 1 aliphatic heterocycles. The second-order valence-electron chi connectivity index (χ2n) is 5.56. The highest BCUT2D eigenvalue weighted by Crippen LogP contribution is 2.24. The summed E-state index contributed by atoms with van der Waals surface area (Å²) in [5, 5.41) is 16.9. The SMILES string of the molecule is CNc1ncc([N+](=O)[O-])c(NCC2CCN(C(C)C)C2)n1. The largest absolute Gasteiger partial charge is 0.364 e. The first-order valence-corrected chi connectivity index (χ1v) is 7.18. The summed E-state index contributed by atoms with van der Waals surface area (Å²) in [4.78, 5) is 21.0. The fourth-order valence-electron chi connectivity index (χ4n) is 2.50. The first-order chi connectivity index (χ1) is 10.0. The van der Waals surface area contributed by atoms with Crippen LogP contribution in [0.4, 0.5) is 17.5 Å². The van der Waals surface area contributed by atoms with Crippen LogP contribution in [0.1, 0.15) is 20.3 Å². The van der Waals surface area contributed by atoms with Crippen molar-refractivity contribution in [2.24, 2.45) is 5.92 Å². The molecule has 0 spiro atoms. The van der Waals surface area contributed by atoms with Crippen molar-refractivity contribution in [3.8, 4) is 0 Å². The molecular formula is C13H22N6O2. The predicted molar refractivity (Wildman–Crippen MR) is 81.5 cm³/mol. The molecule has 0 aliphatic carbocycles. The maximum absolute atomic E-state index is 11.0. The summed E-state index contributed by atoms with van der Waals surface area (Å²) in [6.07, 6.45) is 2.33. The van der Waals surface area contributed by atoms with Crippen molar-refractivity contribution in [1.29, 1.82) is 0 Å². The van der Waals surface area contributed by atoms with Crippen LogP contribution in [0.3, 0.4) is 0 Å². The van der Waals surface area contributed by atoms with Gasteiger partial charge in [-0.3, -0.25) is 10.1 Å². The zero-order chi connectivity index (χ0) is 15.4. The summed E-state index contributed by atoms with van der Waals surface area (Å²) < 4.78 is 0. The Hall–Kier alpha value is -1.96. The molecule has 1 fully saturated rings. The van der Waals surface area contributed by atoms with Crippen LogP contribution in [0, 0.1) is 16.0 Å². The van der Waals surface area contributed by atoms with E-state index in [4.69, 9.17) is 0 Å². The minimum Gasteiger partial charge on any atom is -0.364 e. The van der Waals surface area contributed by atoms with E-state index in [0.717, 1.165) is 19.5 Å². The van der Waals surface area contributed by atoms with Crippen molar-refractivity contribution in [2.75, 3.05) is 37.3 Å². The van der Waals surface area contributed by atoms with Gasteiger partial charge in [-0.05, 0) is 32.7 Å². The number of hydrogen-bond acceptors (Lipinski definition) is 7. The maximum atomic E-state index is 11.0. The van der Waals surface area contributed by atoms with Crippen molar-refractivity contribution in [2.45, 2.75) is 26.3 Å². The Kier molecular flexibility index (Phi) is 4.89. The first kappa shape index (κ1) is 15.4. The van der Waals surface area contributed by atoms with Crippen molar-refractivity contribution in [3.05, 3.63) is 16.3 Å². The van der Waals surface area contributed by atoms with Crippen molar-refractivity contribution in [3.63, 3.8) is 0 Å². The van der Waals surface area contributed by atoms with E-state index in [1.54, 1.807) is 7.05 Å². The minimum atomic E-state index is -0.461. The number of rotatable bonds is 6. The van der Waals surface area contributed by atoms with E-state index in [2.05, 4.69) is 39.3 Å². The average molecular weight is 294 g/mol. The molecular weight excluding hydrogens is 272 g/mol. The topological polar surface area (TPSA) is 96.2 Å². The van der Waals surface area contributed by atoms with Gasteiger partial charge in [0.1, 0.15) is 6.20 Å². The van der Waals surface area contributed by atoms with E-state index in [1.165, 1.54) is 6.20 Å². The van der Waals surface area contributed by atoms with Gasteiger partial charge >= 0.3 is 5.69 Å². The number of nitrogens with one attached hydrogen (secondary N) is 2. The Bertz CT molecular complexity index is 507. The van der Waals surface area contributed by atoms with E-state index in [9.17, 15) is 10.1 Å². The van der Waals surface area contributed by atoms with Crippen LogP contribution in [-0.2, 0) is 0 Å². The lowest BCUT2D eigenvalue weighted by molar-refractivity contribution is -0.384. The van der Waals surface area contributed by atoms with Crippen LogP contribution < -0.4 is 10.6 Å². The Morgan fingerprint density at radius 1 is 1.57 bits per heavy atom. The monoisotopic (exact) mass is 294 g/mol. The highest BCUT2D eigenvalue weighted by atomic mass is 16.6. The van der Waals surface area contributed by atoms with Crippen molar-refractivity contribution >= 4 is 17.5 Å². The van der Waals surface area contributed by atoms with Gasteiger partial charge in [0.05, 0.1) is 4.92 Å². The molecule has 1 saturated heterocycles. The molecule has 21 heavy (non-hydrogen) atoms. The number of anilines is 2. The van der Waals surface area contributed by atoms with Crippen LogP contribution in [-0.4, -0.2) is 52.5 Å². The molecule has 8 heteroatoms. The Morgan fingerprint density at radius 3 is 2.90 bits per heavy atom. The third-order valence-electron chi connectivity index (χ3n) is 3.80. The van der Waals surface area contributed by atoms with Gasteiger partial charge in [-0.2, -0.15) is 4.98 Å². The highest BCUT2D eigenvalue weighted by molar-refractivity contribution is 5.56. The standard InChI is InChI=1S/C13H22N6O2/c1-9(2)18-5-4-10(8-18)6-15-12-11(19(20)21)7-16-13(14-3)17-12/h7,9-10H,4-6,8H2,1-3H3,(H2,14,15,16,17). The van der Waals surface area contributed by atoms with E-state index in [0.29, 0.717) is 24.5 Å². The number of nitrogens with zero attached hydrogens (tertiary/aromatic N) is 4. The fourth-order valence-corrected chi connectivity index (χ4v) is 2.50. The molecule has 0 amide bonds. The molecule has 8 nitrogen and oxygen atoms in total. The van der Waals surface area contributed by atoms with Crippen molar-refractivity contribution in [1.82, 2.24) is 14.9 Å². The number of nitro groups is 1. The van der Waals surface area contributed by atoms with Gasteiger partial charge in [-0.1, -0.05) is 0 Å². The van der Waals surface area contributed by atoms with E-state index in [-0.39, 0.29) is 11.5 Å². The van der Waals surface area contributed by atoms with Gasteiger partial charge in [0.25, 0.3) is 0 Å². The summed E-state index contributed by atoms with van der Waals surface area (Å²) in [5.41, 5.74) is -0.0901. The van der Waals surface area contributed by atoms with Gasteiger partial charge in [-0.25, -0.2) is 4.98 Å². The van der Waals surface area contributed by atoms with Crippen LogP contribution >= 0.6 is 0 Å². The lowest BCUT2D eigenvalue weighted by Crippen LogP contribution is -2.29. The lowest BCUT2D eigenvalue weighted by Gasteiger charge is -2.20. The summed E-state index contributed by atoms with van der Waals surface area (Å²) in [6, 6.07) is 0.541. The second kappa shape index (κ2) is 6.66. The Balaban J connectivity index is 2.01. The molecule has 2 heterocycles. The zero-order valence-electron chi connectivity index (χ0n) is 12.7. The summed E-state index contributed by atoms with van der Waals surface area (Å²) >= 11 is 0. The average Bonchev–Trinajstić information content (AvgIpc) is 2.93. The van der Waals surface area contributed by atoms with E-state index in [1.807, 2.05) is 0 Å². The van der Waals surface area contributed by atoms with Gasteiger partial charge < -0.3 is 15.5 Å². The molecule has 0 bridgehead atoms. The van der Waals surface area contributed by atoms with E-state index < -0.39 is 4.92 Å². The Labute approximate surface area is 124 Å². The van der Waals surface area contributed by atoms with Gasteiger partial charge in [-0.15, -0.1) is 0 Å². The van der Waals surface area contributed by atoms with Crippen LogP contribution in [0.15, 0.2) is 6.20 Å². The van der Waals surface area contributed by atoms with Crippen molar-refractivity contribution < 1.29 is 4.92 Å². The molecule has 0 radical (unpaired) electrons. The Morgan fingerprint density at radius 2 is 2.33 bits per heavy atom. The maximum Gasteiger partial charge on any atom is 0.329 e. The summed E-state index contributed by atoms with van der Waals surface area (Å²) in [7, 11) is 1.68. The molecule has 1 aliphatic rings. The molecule has 1 unspecified atom stereocenters. The van der Waals surface area contributed by atoms with E-state index >= 15 is 0 Å². The van der Waals surface area contributed by atoms with Gasteiger partial charge in [0.2, 0.25) is 11.8 Å². The number of aromatic nitrogens is 2. The molecule has 2 N–H and O–H groups in total. The quantitative estimate of drug-likeness (QED) is 0.607. The molecule has 1 aromatic rings. The first-order valence-electron chi connectivity index (χ1n) is 7.18. The molecule has 0 saturated carbocycles. The minimum absolute atomic E-state index is 0.0901. The normalized spacial score (nSPS) is 19.0. The third-order valence-corrected chi connectivity index (χ3v) is 3.80. The second-order valence-corrected chi connectivity index (χ2v) is 5.56. The number of hydrogen-bond donors (Lipinski definition) is 2. The molecule has 1 aromatic heterocycles. The smallest absolute Gasteiger partial charge is 0.329 e. The van der Waals surface area contributed by atoms with Crippen LogP contribution in [0.5, 0.6) is 0 Å². The molecule has 2 rings (SSSR count). The molecule has 116 valence electrons. The fraction of sp³-hybridized carbons (Fsp3) is 0.692. The van der Waals surface area contributed by atoms with Crippen LogP contribution in [0.2, 0.25) is 0 Å². The van der Waals surface area contributed by atoms with Gasteiger partial charge in [0, 0.05) is 26.2 Å². The molecule has 1 atom stereocenters. The summed E-state index contributed by atoms with van der Waals surface area (Å²) in [5.74, 6) is 1.14. The molecule has 0 aromatic carbocycles.